The zero-order valence-electron chi connectivity index (χ0n) is 7.57. The van der Waals surface area contributed by atoms with Crippen molar-refractivity contribution in [2.24, 2.45) is 4.36 Å². The molecule has 0 fully saturated rings. The first-order valence-electron chi connectivity index (χ1n) is 3.74. The third kappa shape index (κ3) is 1.67. The van der Waals surface area contributed by atoms with Gasteiger partial charge in [-0.3, -0.25) is 0 Å². The topological polar surface area (TPSA) is 29.4 Å². The smallest absolute Gasteiger partial charge is 0.0722 e. The number of hydrogen-bond acceptors (Lipinski definition) is 2. The van der Waals surface area contributed by atoms with E-state index in [0.717, 1.165) is 10.5 Å². The van der Waals surface area contributed by atoms with Crippen LogP contribution in [-0.4, -0.2) is 17.5 Å². The zero-order chi connectivity index (χ0) is 9.19. The Balaban J connectivity index is 3.40. The highest BCUT2D eigenvalue weighted by Crippen LogP contribution is 2.15. The van der Waals surface area contributed by atoms with E-state index in [1.165, 1.54) is 0 Å². The highest BCUT2D eigenvalue weighted by molar-refractivity contribution is 7.93. The van der Waals surface area contributed by atoms with Crippen molar-refractivity contribution < 1.29 is 4.21 Å². The van der Waals surface area contributed by atoms with Gasteiger partial charge in [0.25, 0.3) is 0 Å². The molecule has 0 amide bonds. The van der Waals surface area contributed by atoms with Gasteiger partial charge in [-0.1, -0.05) is 18.2 Å². The molecular weight excluding hydrogens is 170 g/mol. The molecule has 1 aromatic rings. The van der Waals surface area contributed by atoms with Gasteiger partial charge in [-0.2, -0.15) is 0 Å². The first kappa shape index (κ1) is 9.26. The summed E-state index contributed by atoms with van der Waals surface area (Å²) in [6.45, 7) is 1.95. The average molecular weight is 183 g/mol. The quantitative estimate of drug-likeness (QED) is 0.655. The van der Waals surface area contributed by atoms with Crippen molar-refractivity contribution in [2.45, 2.75) is 11.8 Å². The molecule has 0 bridgehead atoms. The van der Waals surface area contributed by atoms with Crippen LogP contribution in [0.3, 0.4) is 0 Å². The molecule has 1 atom stereocenters. The Hall–Kier alpha value is -0.830. The molecule has 0 aromatic heterocycles. The van der Waals surface area contributed by atoms with E-state index in [1.807, 2.05) is 31.2 Å². The second-order valence-corrected chi connectivity index (χ2v) is 5.16. The van der Waals surface area contributed by atoms with Crippen LogP contribution in [0, 0.1) is 6.92 Å². The van der Waals surface area contributed by atoms with Gasteiger partial charge in [0, 0.05) is 13.3 Å². The third-order valence-corrected chi connectivity index (χ3v) is 3.82. The molecule has 0 heterocycles. The lowest BCUT2D eigenvalue weighted by atomic mass is 10.2. The molecule has 0 saturated heterocycles. The lowest BCUT2D eigenvalue weighted by Crippen LogP contribution is -1.99. The van der Waals surface area contributed by atoms with Gasteiger partial charge in [0.05, 0.1) is 14.6 Å². The first-order chi connectivity index (χ1) is 5.58. The Kier molecular flexibility index (Phi) is 2.52. The number of aryl methyl sites for hydroxylation is 1. The van der Waals surface area contributed by atoms with E-state index in [4.69, 9.17) is 0 Å². The van der Waals surface area contributed by atoms with Crippen molar-refractivity contribution in [3.8, 4) is 0 Å². The maximum Gasteiger partial charge on any atom is 0.0722 e. The van der Waals surface area contributed by atoms with Crippen LogP contribution in [-0.2, 0) is 9.73 Å². The molecule has 3 heteroatoms. The molecule has 1 rings (SSSR count). The van der Waals surface area contributed by atoms with Crippen LogP contribution in [0.2, 0.25) is 0 Å². The van der Waals surface area contributed by atoms with Crippen molar-refractivity contribution >= 4 is 9.73 Å². The Morgan fingerprint density at radius 1 is 1.33 bits per heavy atom. The molecular formula is C9H13NOS. The lowest BCUT2D eigenvalue weighted by Gasteiger charge is -2.05. The largest absolute Gasteiger partial charge is 0.245 e. The molecule has 0 radical (unpaired) electrons. The highest BCUT2D eigenvalue weighted by atomic mass is 32.2. The summed E-state index contributed by atoms with van der Waals surface area (Å²) < 4.78 is 15.7. The van der Waals surface area contributed by atoms with Crippen LogP contribution >= 0.6 is 0 Å². The number of benzene rings is 1. The molecule has 0 aliphatic rings. The molecule has 0 aliphatic carbocycles. The summed E-state index contributed by atoms with van der Waals surface area (Å²) in [6.07, 6.45) is 1.66. The van der Waals surface area contributed by atoms with Gasteiger partial charge in [0.15, 0.2) is 0 Å². The van der Waals surface area contributed by atoms with Crippen LogP contribution in [0.25, 0.3) is 0 Å². The second-order valence-electron chi connectivity index (χ2n) is 2.75. The van der Waals surface area contributed by atoms with Crippen LogP contribution in [0.4, 0.5) is 0 Å². The van der Waals surface area contributed by atoms with Crippen molar-refractivity contribution in [3.05, 3.63) is 29.8 Å². The Bertz CT molecular complexity index is 389. The van der Waals surface area contributed by atoms with Crippen LogP contribution in [0.5, 0.6) is 0 Å². The molecule has 0 spiro atoms. The zero-order valence-corrected chi connectivity index (χ0v) is 8.39. The Morgan fingerprint density at radius 2 is 1.92 bits per heavy atom. The molecule has 1 aromatic carbocycles. The van der Waals surface area contributed by atoms with Crippen molar-refractivity contribution in [1.82, 2.24) is 0 Å². The minimum absolute atomic E-state index is 0.840. The van der Waals surface area contributed by atoms with Crippen LogP contribution < -0.4 is 0 Å². The van der Waals surface area contributed by atoms with Crippen LogP contribution in [0.1, 0.15) is 5.56 Å². The number of rotatable bonds is 1. The van der Waals surface area contributed by atoms with Gasteiger partial charge >= 0.3 is 0 Å². The Morgan fingerprint density at radius 3 is 2.42 bits per heavy atom. The monoisotopic (exact) mass is 183 g/mol. The molecule has 0 aliphatic heterocycles. The van der Waals surface area contributed by atoms with Gasteiger partial charge in [-0.05, 0) is 18.6 Å². The maximum atomic E-state index is 11.8. The van der Waals surface area contributed by atoms with Crippen molar-refractivity contribution in [2.75, 3.05) is 13.3 Å². The molecule has 0 N–H and O–H groups in total. The normalized spacial score (nSPS) is 15.2. The maximum absolute atomic E-state index is 11.8. The highest BCUT2D eigenvalue weighted by Gasteiger charge is 2.05. The molecule has 1 unspecified atom stereocenters. The van der Waals surface area contributed by atoms with E-state index >= 15 is 0 Å². The fourth-order valence-electron chi connectivity index (χ4n) is 1.08. The summed E-state index contributed by atoms with van der Waals surface area (Å²) in [7, 11) is -0.562. The van der Waals surface area contributed by atoms with E-state index in [1.54, 1.807) is 13.3 Å². The number of nitrogens with zero attached hydrogens (tertiary/aromatic N) is 1. The minimum atomic E-state index is -2.15. The van der Waals surface area contributed by atoms with Gasteiger partial charge in [0.1, 0.15) is 0 Å². The van der Waals surface area contributed by atoms with Gasteiger partial charge in [-0.15, -0.1) is 0 Å². The van der Waals surface area contributed by atoms with Gasteiger partial charge in [0.2, 0.25) is 0 Å². The second kappa shape index (κ2) is 3.27. The van der Waals surface area contributed by atoms with Crippen molar-refractivity contribution in [3.63, 3.8) is 0 Å². The predicted octanol–water partition coefficient (Wildman–Crippen LogP) is 2.08. The molecule has 0 saturated carbocycles. The molecule has 12 heavy (non-hydrogen) atoms. The van der Waals surface area contributed by atoms with Gasteiger partial charge < -0.3 is 0 Å². The fraction of sp³-hybridized carbons (Fsp3) is 0.333. The van der Waals surface area contributed by atoms with Crippen LogP contribution in [0.15, 0.2) is 33.5 Å². The lowest BCUT2D eigenvalue weighted by molar-refractivity contribution is 0.679. The van der Waals surface area contributed by atoms with Gasteiger partial charge in [-0.25, -0.2) is 8.57 Å². The van der Waals surface area contributed by atoms with E-state index in [-0.39, 0.29) is 0 Å². The van der Waals surface area contributed by atoms with E-state index in [2.05, 4.69) is 4.36 Å². The first-order valence-corrected chi connectivity index (χ1v) is 5.66. The number of hydrogen-bond donors (Lipinski definition) is 0. The van der Waals surface area contributed by atoms with Crippen molar-refractivity contribution in [1.29, 1.82) is 0 Å². The summed E-state index contributed by atoms with van der Waals surface area (Å²) >= 11 is 0. The Labute approximate surface area is 73.8 Å². The fourth-order valence-corrected chi connectivity index (χ4v) is 2.27. The summed E-state index contributed by atoms with van der Waals surface area (Å²) in [5.41, 5.74) is 1.04. The summed E-state index contributed by atoms with van der Waals surface area (Å²) in [5.74, 6) is 0. The SMILES string of the molecule is CN=S(C)(=O)c1ccccc1C. The average Bonchev–Trinajstić information content (AvgIpc) is 2.05. The van der Waals surface area contributed by atoms with E-state index in [9.17, 15) is 4.21 Å². The molecule has 66 valence electrons. The summed E-state index contributed by atoms with van der Waals surface area (Å²) in [4.78, 5) is 0.840. The predicted molar refractivity (Wildman–Crippen MR) is 51.9 cm³/mol. The third-order valence-electron chi connectivity index (χ3n) is 1.85. The standard InChI is InChI=1S/C9H13NOS/c1-8-6-4-5-7-9(8)12(3,11)10-2/h4-7H,1-3H3. The molecule has 2 nitrogen and oxygen atoms in total. The summed E-state index contributed by atoms with van der Waals surface area (Å²) in [5, 5.41) is 0. The summed E-state index contributed by atoms with van der Waals surface area (Å²) in [6, 6.07) is 7.63. The van der Waals surface area contributed by atoms with E-state index < -0.39 is 9.73 Å². The van der Waals surface area contributed by atoms with E-state index in [0.29, 0.717) is 0 Å². The minimum Gasteiger partial charge on any atom is -0.245 e.